The van der Waals surface area contributed by atoms with Gasteiger partial charge in [-0.15, -0.1) is 0 Å². The third-order valence-corrected chi connectivity index (χ3v) is 4.04. The van der Waals surface area contributed by atoms with Crippen molar-refractivity contribution < 1.29 is 12.8 Å². The van der Waals surface area contributed by atoms with E-state index in [1.54, 1.807) is 12.1 Å². The first-order chi connectivity index (χ1) is 8.99. The minimum atomic E-state index is -3.72. The largest absolute Gasteiger partial charge is 0.255 e. The zero-order valence-electron chi connectivity index (χ0n) is 9.62. The van der Waals surface area contributed by atoms with Crippen LogP contribution in [0, 0.1) is 5.82 Å². The molecule has 0 N–H and O–H groups in total. The van der Waals surface area contributed by atoms with Crippen LogP contribution >= 0.6 is 11.6 Å². The van der Waals surface area contributed by atoms with E-state index in [9.17, 15) is 12.8 Å². The fourth-order valence-electron chi connectivity index (χ4n) is 1.40. The van der Waals surface area contributed by atoms with E-state index in [-0.39, 0.29) is 4.90 Å². The Hall–Kier alpha value is -1.72. The van der Waals surface area contributed by atoms with Gasteiger partial charge in [0.15, 0.2) is 9.84 Å². The van der Waals surface area contributed by atoms with Gasteiger partial charge in [0.2, 0.25) is 0 Å². The minimum absolute atomic E-state index is 0.115. The van der Waals surface area contributed by atoms with Crippen molar-refractivity contribution >= 4 is 27.5 Å². The average molecular weight is 298 g/mol. The standard InChI is InChI=1S/C13H9ClFNO2S/c14-12-5-2-7-16-13(12)6-8-19(17,18)11-4-1-3-10(15)9-11/h1-9H/b8-6-. The van der Waals surface area contributed by atoms with Crippen LogP contribution < -0.4 is 0 Å². The third kappa shape index (κ3) is 3.39. The Morgan fingerprint density at radius 2 is 2.00 bits per heavy atom. The number of sulfone groups is 1. The van der Waals surface area contributed by atoms with E-state index >= 15 is 0 Å². The lowest BCUT2D eigenvalue weighted by Gasteiger charge is -1.99. The monoisotopic (exact) mass is 297 g/mol. The molecular formula is C13H9ClFNO2S. The van der Waals surface area contributed by atoms with Gasteiger partial charge in [0.05, 0.1) is 15.6 Å². The molecule has 2 aromatic rings. The van der Waals surface area contributed by atoms with E-state index in [0.717, 1.165) is 11.5 Å². The fourth-order valence-corrected chi connectivity index (χ4v) is 2.59. The molecule has 0 aliphatic carbocycles. The summed E-state index contributed by atoms with van der Waals surface area (Å²) in [6, 6.07) is 8.04. The van der Waals surface area contributed by atoms with Crippen molar-refractivity contribution in [3.05, 3.63) is 64.5 Å². The summed E-state index contributed by atoms with van der Waals surface area (Å²) in [7, 11) is -3.72. The molecule has 0 fully saturated rings. The molecule has 98 valence electrons. The first kappa shape index (κ1) is 13.7. The van der Waals surface area contributed by atoms with Crippen LogP contribution in [0.25, 0.3) is 6.08 Å². The molecule has 1 aromatic heterocycles. The van der Waals surface area contributed by atoms with Crippen LogP contribution in [0.15, 0.2) is 52.9 Å². The molecule has 0 aliphatic rings. The van der Waals surface area contributed by atoms with Crippen molar-refractivity contribution in [2.45, 2.75) is 4.90 Å². The van der Waals surface area contributed by atoms with E-state index in [1.807, 2.05) is 0 Å². The van der Waals surface area contributed by atoms with Gasteiger partial charge in [0, 0.05) is 11.6 Å². The summed E-state index contributed by atoms with van der Waals surface area (Å²) in [5.41, 5.74) is 0.337. The van der Waals surface area contributed by atoms with Gasteiger partial charge in [-0.05, 0) is 36.4 Å². The van der Waals surface area contributed by atoms with Crippen molar-refractivity contribution in [1.82, 2.24) is 4.98 Å². The SMILES string of the molecule is O=S(=O)(/C=C\c1ncccc1Cl)c1cccc(F)c1. The van der Waals surface area contributed by atoms with Gasteiger partial charge in [-0.2, -0.15) is 0 Å². The first-order valence-electron chi connectivity index (χ1n) is 5.28. The Morgan fingerprint density at radius 1 is 1.21 bits per heavy atom. The molecule has 0 aliphatic heterocycles. The number of halogens is 2. The quantitative estimate of drug-likeness (QED) is 0.873. The number of benzene rings is 1. The van der Waals surface area contributed by atoms with Gasteiger partial charge >= 0.3 is 0 Å². The second kappa shape index (κ2) is 5.50. The summed E-state index contributed by atoms with van der Waals surface area (Å²) < 4.78 is 36.9. The summed E-state index contributed by atoms with van der Waals surface area (Å²) in [5.74, 6) is -0.606. The predicted molar refractivity (Wildman–Crippen MR) is 71.9 cm³/mol. The number of hydrogen-bond acceptors (Lipinski definition) is 3. The number of hydrogen-bond donors (Lipinski definition) is 0. The normalized spacial score (nSPS) is 11.9. The first-order valence-corrected chi connectivity index (χ1v) is 7.21. The van der Waals surface area contributed by atoms with Gasteiger partial charge in [0.25, 0.3) is 0 Å². The molecule has 1 heterocycles. The van der Waals surface area contributed by atoms with Crippen LogP contribution in [0.4, 0.5) is 4.39 Å². The second-order valence-electron chi connectivity index (χ2n) is 3.68. The molecular weight excluding hydrogens is 289 g/mol. The molecule has 6 heteroatoms. The summed E-state index contributed by atoms with van der Waals surface area (Å²) >= 11 is 5.86. The van der Waals surface area contributed by atoms with Gasteiger partial charge in [0.1, 0.15) is 5.82 Å². The molecule has 19 heavy (non-hydrogen) atoms. The average Bonchev–Trinajstić information content (AvgIpc) is 2.38. The van der Waals surface area contributed by atoms with Gasteiger partial charge in [-0.1, -0.05) is 17.7 Å². The number of pyridine rings is 1. The summed E-state index contributed by atoms with van der Waals surface area (Å²) in [6.07, 6.45) is 2.78. The highest BCUT2D eigenvalue weighted by Gasteiger charge is 2.11. The third-order valence-electron chi connectivity index (χ3n) is 2.32. The van der Waals surface area contributed by atoms with E-state index in [2.05, 4.69) is 4.98 Å². The molecule has 0 bridgehead atoms. The van der Waals surface area contributed by atoms with E-state index in [1.165, 1.54) is 30.5 Å². The Kier molecular flexibility index (Phi) is 3.97. The zero-order valence-corrected chi connectivity index (χ0v) is 11.2. The molecule has 0 radical (unpaired) electrons. The smallest absolute Gasteiger partial charge is 0.199 e. The number of aromatic nitrogens is 1. The van der Waals surface area contributed by atoms with Crippen molar-refractivity contribution in [1.29, 1.82) is 0 Å². The van der Waals surface area contributed by atoms with Crippen LogP contribution in [0.3, 0.4) is 0 Å². The molecule has 0 amide bonds. The molecule has 2 rings (SSSR count). The Labute approximate surface area is 115 Å². The van der Waals surface area contributed by atoms with E-state index in [0.29, 0.717) is 10.7 Å². The number of nitrogens with zero attached hydrogens (tertiary/aromatic N) is 1. The summed E-state index contributed by atoms with van der Waals surface area (Å²) in [5, 5.41) is 1.30. The lowest BCUT2D eigenvalue weighted by atomic mass is 10.3. The Bertz CT molecular complexity index is 729. The summed E-state index contributed by atoms with van der Waals surface area (Å²) in [6.45, 7) is 0. The molecule has 1 aromatic carbocycles. The van der Waals surface area contributed by atoms with E-state index < -0.39 is 15.7 Å². The maximum atomic E-state index is 13.0. The highest BCUT2D eigenvalue weighted by Crippen LogP contribution is 2.17. The molecule has 0 atom stereocenters. The van der Waals surface area contributed by atoms with Crippen LogP contribution in [-0.4, -0.2) is 13.4 Å². The summed E-state index contributed by atoms with van der Waals surface area (Å²) in [4.78, 5) is 3.82. The highest BCUT2D eigenvalue weighted by molar-refractivity contribution is 7.94. The minimum Gasteiger partial charge on any atom is -0.255 e. The number of rotatable bonds is 3. The van der Waals surface area contributed by atoms with E-state index in [4.69, 9.17) is 11.6 Å². The fraction of sp³-hybridized carbons (Fsp3) is 0. The van der Waals surface area contributed by atoms with Crippen molar-refractivity contribution in [3.8, 4) is 0 Å². The molecule has 0 spiro atoms. The Balaban J connectivity index is 2.35. The van der Waals surface area contributed by atoms with Crippen molar-refractivity contribution in [3.63, 3.8) is 0 Å². The van der Waals surface area contributed by atoms with Crippen LogP contribution in [0.2, 0.25) is 5.02 Å². The van der Waals surface area contributed by atoms with Crippen molar-refractivity contribution in [2.24, 2.45) is 0 Å². The van der Waals surface area contributed by atoms with Gasteiger partial charge in [-0.25, -0.2) is 12.8 Å². The van der Waals surface area contributed by atoms with Crippen LogP contribution in [0.1, 0.15) is 5.69 Å². The lowest BCUT2D eigenvalue weighted by Crippen LogP contribution is -1.96. The van der Waals surface area contributed by atoms with Crippen molar-refractivity contribution in [2.75, 3.05) is 0 Å². The van der Waals surface area contributed by atoms with Crippen LogP contribution in [0.5, 0.6) is 0 Å². The molecule has 3 nitrogen and oxygen atoms in total. The highest BCUT2D eigenvalue weighted by atomic mass is 35.5. The van der Waals surface area contributed by atoms with Gasteiger partial charge in [-0.3, -0.25) is 4.98 Å². The van der Waals surface area contributed by atoms with Crippen LogP contribution in [-0.2, 0) is 9.84 Å². The zero-order chi connectivity index (χ0) is 13.9. The maximum absolute atomic E-state index is 13.0. The lowest BCUT2D eigenvalue weighted by molar-refractivity contribution is 0.598. The molecule has 0 saturated carbocycles. The predicted octanol–water partition coefficient (Wildman–Crippen LogP) is 3.32. The second-order valence-corrected chi connectivity index (χ2v) is 5.92. The topological polar surface area (TPSA) is 47.0 Å². The molecule has 0 saturated heterocycles. The van der Waals surface area contributed by atoms with Gasteiger partial charge < -0.3 is 0 Å². The Morgan fingerprint density at radius 3 is 2.68 bits per heavy atom. The molecule has 0 unspecified atom stereocenters. The maximum Gasteiger partial charge on any atom is 0.199 e.